The highest BCUT2D eigenvalue weighted by Gasteiger charge is 2.39. The summed E-state index contributed by atoms with van der Waals surface area (Å²) in [5.74, 6) is 0.122. The van der Waals surface area contributed by atoms with Crippen molar-refractivity contribution in [3.8, 4) is 5.75 Å². The Hall–Kier alpha value is -0.770. The molecule has 17 heavy (non-hydrogen) atoms. The fourth-order valence-corrected chi connectivity index (χ4v) is 2.29. The van der Waals surface area contributed by atoms with Crippen LogP contribution < -0.4 is 4.74 Å². The van der Waals surface area contributed by atoms with Gasteiger partial charge in [-0.2, -0.15) is 0 Å². The second-order valence-corrected chi connectivity index (χ2v) is 4.63. The number of fused-ring (bicyclic) bond motifs is 1. The van der Waals surface area contributed by atoms with E-state index in [2.05, 4.69) is 0 Å². The Morgan fingerprint density at radius 1 is 1.35 bits per heavy atom. The van der Waals surface area contributed by atoms with E-state index in [1.807, 2.05) is 19.9 Å². The van der Waals surface area contributed by atoms with Gasteiger partial charge in [0.2, 0.25) is 5.79 Å². The molecule has 1 N–H and O–H groups in total. The summed E-state index contributed by atoms with van der Waals surface area (Å²) >= 11 is 5.95. The number of benzene rings is 1. The predicted octanol–water partition coefficient (Wildman–Crippen LogP) is 3.30. The van der Waals surface area contributed by atoms with Crippen molar-refractivity contribution in [2.75, 3.05) is 6.61 Å². The molecule has 0 fully saturated rings. The van der Waals surface area contributed by atoms with Gasteiger partial charge in [0.05, 0.1) is 6.61 Å². The van der Waals surface area contributed by atoms with Gasteiger partial charge in [0.1, 0.15) is 11.9 Å². The van der Waals surface area contributed by atoms with Crippen LogP contribution in [0.5, 0.6) is 5.75 Å². The molecule has 0 aromatic heterocycles. The first kappa shape index (κ1) is 12.7. The van der Waals surface area contributed by atoms with Crippen LogP contribution in [0.4, 0.5) is 0 Å². The summed E-state index contributed by atoms with van der Waals surface area (Å²) in [6.07, 6.45) is 1.11. The summed E-state index contributed by atoms with van der Waals surface area (Å²) < 4.78 is 11.8. The Bertz CT molecular complexity index is 402. The lowest BCUT2D eigenvalue weighted by Gasteiger charge is -2.41. The minimum Gasteiger partial charge on any atom is -0.462 e. The van der Waals surface area contributed by atoms with Gasteiger partial charge >= 0.3 is 0 Å². The highest BCUT2D eigenvalue weighted by Crippen LogP contribution is 2.42. The number of ether oxygens (including phenoxy) is 2. The quantitative estimate of drug-likeness (QED) is 0.902. The van der Waals surface area contributed by atoms with Crippen molar-refractivity contribution in [3.63, 3.8) is 0 Å². The van der Waals surface area contributed by atoms with Crippen molar-refractivity contribution in [3.05, 3.63) is 28.8 Å². The lowest BCUT2D eigenvalue weighted by molar-refractivity contribution is -0.239. The van der Waals surface area contributed by atoms with Gasteiger partial charge in [-0.3, -0.25) is 0 Å². The van der Waals surface area contributed by atoms with Crippen LogP contribution >= 0.6 is 11.6 Å². The van der Waals surface area contributed by atoms with Gasteiger partial charge in [0.15, 0.2) is 0 Å². The summed E-state index contributed by atoms with van der Waals surface area (Å²) in [5.41, 5.74) is 0.817. The van der Waals surface area contributed by atoms with E-state index in [0.29, 0.717) is 5.02 Å². The summed E-state index contributed by atoms with van der Waals surface area (Å²) in [5, 5.41) is 10.0. The van der Waals surface area contributed by atoms with E-state index in [-0.39, 0.29) is 12.7 Å². The van der Waals surface area contributed by atoms with E-state index in [1.165, 1.54) is 0 Å². The van der Waals surface area contributed by atoms with Crippen LogP contribution in [0.2, 0.25) is 5.02 Å². The maximum Gasteiger partial charge on any atom is 0.210 e. The van der Waals surface area contributed by atoms with Crippen LogP contribution in [0.3, 0.4) is 0 Å². The molecule has 0 amide bonds. The number of hydrogen-bond acceptors (Lipinski definition) is 3. The molecule has 0 saturated heterocycles. The van der Waals surface area contributed by atoms with Crippen molar-refractivity contribution < 1.29 is 14.6 Å². The molecule has 94 valence electrons. The number of aliphatic hydroxyl groups is 1. The molecule has 1 aromatic carbocycles. The van der Waals surface area contributed by atoms with E-state index in [4.69, 9.17) is 21.1 Å². The zero-order chi connectivity index (χ0) is 12.5. The summed E-state index contributed by atoms with van der Waals surface area (Å²) in [6, 6.07) is 5.41. The Kier molecular flexibility index (Phi) is 3.61. The second kappa shape index (κ2) is 4.84. The fraction of sp³-hybridized carbons (Fsp3) is 0.538. The Labute approximate surface area is 106 Å². The summed E-state index contributed by atoms with van der Waals surface area (Å²) in [7, 11) is 0. The fourth-order valence-electron chi connectivity index (χ4n) is 2.11. The minimum absolute atomic E-state index is 0.0710. The maximum atomic E-state index is 9.43. The third-order valence-electron chi connectivity index (χ3n) is 3.21. The van der Waals surface area contributed by atoms with Crippen molar-refractivity contribution in [2.24, 2.45) is 0 Å². The lowest BCUT2D eigenvalue weighted by atomic mass is 10.0. The second-order valence-electron chi connectivity index (χ2n) is 4.19. The van der Waals surface area contributed by atoms with E-state index in [0.717, 1.165) is 24.2 Å². The molecule has 0 aliphatic carbocycles. The Morgan fingerprint density at radius 2 is 2.06 bits per heavy atom. The lowest BCUT2D eigenvalue weighted by Crippen LogP contribution is -2.43. The first-order valence-corrected chi connectivity index (χ1v) is 6.29. The molecule has 1 atom stereocenters. The van der Waals surface area contributed by atoms with Crippen molar-refractivity contribution in [2.45, 2.75) is 38.6 Å². The van der Waals surface area contributed by atoms with E-state index < -0.39 is 5.79 Å². The molecule has 0 radical (unpaired) electrons. The number of halogens is 1. The third kappa shape index (κ3) is 2.28. The largest absolute Gasteiger partial charge is 0.462 e. The van der Waals surface area contributed by atoms with Crippen LogP contribution in [0.1, 0.15) is 38.4 Å². The molecular weight excluding hydrogens is 240 g/mol. The molecule has 1 aliphatic heterocycles. The van der Waals surface area contributed by atoms with Crippen LogP contribution in [0.25, 0.3) is 0 Å². The molecular formula is C13H17ClO3. The van der Waals surface area contributed by atoms with E-state index in [9.17, 15) is 5.11 Å². The van der Waals surface area contributed by atoms with Gasteiger partial charge in [-0.15, -0.1) is 0 Å². The number of hydrogen-bond donors (Lipinski definition) is 1. The summed E-state index contributed by atoms with van der Waals surface area (Å²) in [4.78, 5) is 0. The average molecular weight is 257 g/mol. The first-order valence-electron chi connectivity index (χ1n) is 5.91. The SMILES string of the molecule is CCC1(CC)Oc2ccc(Cl)cc2[C@H](CO)O1. The maximum absolute atomic E-state index is 9.43. The number of rotatable bonds is 3. The van der Waals surface area contributed by atoms with Gasteiger partial charge in [-0.25, -0.2) is 0 Å². The minimum atomic E-state index is -0.631. The van der Waals surface area contributed by atoms with Crippen molar-refractivity contribution >= 4 is 11.6 Å². The van der Waals surface area contributed by atoms with Crippen molar-refractivity contribution in [1.82, 2.24) is 0 Å². The van der Waals surface area contributed by atoms with E-state index in [1.54, 1.807) is 12.1 Å². The van der Waals surface area contributed by atoms with Gasteiger partial charge in [-0.05, 0) is 18.2 Å². The molecule has 0 bridgehead atoms. The zero-order valence-corrected chi connectivity index (χ0v) is 10.8. The van der Waals surface area contributed by atoms with E-state index >= 15 is 0 Å². The van der Waals surface area contributed by atoms with Crippen molar-refractivity contribution in [1.29, 1.82) is 0 Å². The highest BCUT2D eigenvalue weighted by atomic mass is 35.5. The third-order valence-corrected chi connectivity index (χ3v) is 3.45. The van der Waals surface area contributed by atoms with Gasteiger partial charge in [-0.1, -0.05) is 25.4 Å². The van der Waals surface area contributed by atoms with Crippen LogP contribution in [0.15, 0.2) is 18.2 Å². The molecule has 0 unspecified atom stereocenters. The molecule has 0 spiro atoms. The van der Waals surface area contributed by atoms with Crippen LogP contribution in [-0.4, -0.2) is 17.5 Å². The normalized spacial score (nSPS) is 21.8. The number of aliphatic hydroxyl groups excluding tert-OH is 1. The standard InChI is InChI=1S/C13H17ClO3/c1-3-13(4-2)16-11-6-5-9(14)7-10(11)12(8-15)17-13/h5-7,12,15H,3-4,8H2,1-2H3/t12-/m0/s1. The smallest absolute Gasteiger partial charge is 0.210 e. The molecule has 1 aromatic rings. The molecule has 1 heterocycles. The van der Waals surface area contributed by atoms with Crippen LogP contribution in [-0.2, 0) is 4.74 Å². The van der Waals surface area contributed by atoms with Crippen LogP contribution in [0, 0.1) is 0 Å². The Morgan fingerprint density at radius 3 is 2.65 bits per heavy atom. The predicted molar refractivity (Wildman–Crippen MR) is 66.3 cm³/mol. The monoisotopic (exact) mass is 256 g/mol. The first-order chi connectivity index (χ1) is 8.14. The Balaban J connectivity index is 2.42. The van der Waals surface area contributed by atoms with Gasteiger partial charge < -0.3 is 14.6 Å². The topological polar surface area (TPSA) is 38.7 Å². The zero-order valence-electron chi connectivity index (χ0n) is 10.1. The average Bonchev–Trinajstić information content (AvgIpc) is 2.37. The molecule has 1 aliphatic rings. The molecule has 3 nitrogen and oxygen atoms in total. The summed E-state index contributed by atoms with van der Waals surface area (Å²) in [6.45, 7) is 3.95. The van der Waals surface area contributed by atoms with Gasteiger partial charge in [0, 0.05) is 23.4 Å². The van der Waals surface area contributed by atoms with Gasteiger partial charge in [0.25, 0.3) is 0 Å². The molecule has 0 saturated carbocycles. The molecule has 4 heteroatoms. The molecule has 2 rings (SSSR count). The highest BCUT2D eigenvalue weighted by molar-refractivity contribution is 6.30.